The van der Waals surface area contributed by atoms with E-state index in [0.717, 1.165) is 24.0 Å². The Morgan fingerprint density at radius 3 is 2.47 bits per heavy atom. The van der Waals surface area contributed by atoms with E-state index in [1.807, 2.05) is 51.1 Å². The molecule has 2 fully saturated rings. The minimum Gasteiger partial charge on any atom is -0.377 e. The molecule has 2 aromatic rings. The monoisotopic (exact) mass is 490 g/mol. The molecule has 0 saturated carbocycles. The number of fused-ring (bicyclic) bond motifs is 1. The van der Waals surface area contributed by atoms with E-state index in [2.05, 4.69) is 0 Å². The Morgan fingerprint density at radius 1 is 1.00 bits per heavy atom. The lowest BCUT2D eigenvalue weighted by Gasteiger charge is -2.29. The van der Waals surface area contributed by atoms with E-state index in [1.54, 1.807) is 24.3 Å². The quantitative estimate of drug-likeness (QED) is 0.333. The third-order valence-electron chi connectivity index (χ3n) is 6.07. The molecule has 0 aliphatic carbocycles. The van der Waals surface area contributed by atoms with Crippen molar-refractivity contribution in [1.82, 2.24) is 0 Å². The van der Waals surface area contributed by atoms with Crippen molar-refractivity contribution in [3.05, 3.63) is 65.7 Å². The van der Waals surface area contributed by atoms with Crippen molar-refractivity contribution >= 4 is 10.1 Å². The van der Waals surface area contributed by atoms with Crippen LogP contribution in [0.1, 0.15) is 50.7 Å². The summed E-state index contributed by atoms with van der Waals surface area (Å²) in [6.45, 7) is 6.79. The van der Waals surface area contributed by atoms with Crippen LogP contribution in [0, 0.1) is 6.92 Å². The van der Waals surface area contributed by atoms with Gasteiger partial charge in [-0.15, -0.1) is 0 Å². The molecule has 0 aromatic heterocycles. The molecule has 8 heteroatoms. The van der Waals surface area contributed by atoms with Crippen LogP contribution in [-0.4, -0.2) is 45.4 Å². The molecule has 2 aliphatic heterocycles. The largest absolute Gasteiger partial charge is 0.377 e. The van der Waals surface area contributed by atoms with Crippen LogP contribution in [0.15, 0.2) is 59.5 Å². The van der Waals surface area contributed by atoms with E-state index in [-0.39, 0.29) is 17.6 Å². The van der Waals surface area contributed by atoms with E-state index >= 15 is 0 Å². The molecule has 0 spiro atoms. The molecule has 2 aromatic carbocycles. The highest BCUT2D eigenvalue weighted by Crippen LogP contribution is 2.48. The van der Waals surface area contributed by atoms with Crippen LogP contribution in [0.5, 0.6) is 0 Å². The summed E-state index contributed by atoms with van der Waals surface area (Å²) in [6.07, 6.45) is 2.13. The summed E-state index contributed by atoms with van der Waals surface area (Å²) in [5, 5.41) is 0. The average molecular weight is 491 g/mol. The Hall–Kier alpha value is -1.81. The van der Waals surface area contributed by atoms with Crippen molar-refractivity contribution in [2.24, 2.45) is 0 Å². The summed E-state index contributed by atoms with van der Waals surface area (Å²) < 4.78 is 54.8. The minimum atomic E-state index is -3.86. The van der Waals surface area contributed by atoms with Gasteiger partial charge in [-0.25, -0.2) is 0 Å². The molecule has 4 rings (SSSR count). The highest BCUT2D eigenvalue weighted by atomic mass is 32.2. The van der Waals surface area contributed by atoms with Crippen LogP contribution in [0.25, 0.3) is 0 Å². The van der Waals surface area contributed by atoms with Crippen molar-refractivity contribution in [2.45, 2.75) is 81.7 Å². The van der Waals surface area contributed by atoms with Crippen LogP contribution in [-0.2, 0) is 39.9 Å². The molecule has 7 nitrogen and oxygen atoms in total. The number of benzene rings is 2. The first-order chi connectivity index (χ1) is 16.2. The molecule has 0 unspecified atom stereocenters. The number of ether oxygens (including phenoxy) is 4. The summed E-state index contributed by atoms with van der Waals surface area (Å²) in [6, 6.07) is 16.7. The Balaban J connectivity index is 1.27. The summed E-state index contributed by atoms with van der Waals surface area (Å²) in [5.41, 5.74) is 2.13. The van der Waals surface area contributed by atoms with Crippen molar-refractivity contribution in [2.75, 3.05) is 13.2 Å². The minimum absolute atomic E-state index is 0.0816. The number of aryl methyl sites for hydroxylation is 1. The second-order valence-corrected chi connectivity index (χ2v) is 11.1. The number of hydrogen-bond donors (Lipinski definition) is 0. The number of hydrogen-bond acceptors (Lipinski definition) is 7. The van der Waals surface area contributed by atoms with Crippen LogP contribution >= 0.6 is 0 Å². The molecule has 2 heterocycles. The summed E-state index contributed by atoms with van der Waals surface area (Å²) in [4.78, 5) is 0.134. The third kappa shape index (κ3) is 6.24. The summed E-state index contributed by atoms with van der Waals surface area (Å²) in [7, 11) is -3.86. The van der Waals surface area contributed by atoms with E-state index in [9.17, 15) is 8.42 Å². The standard InChI is InChI=1S/C26H34O7S/c1-20-11-13-23(14-12-20)34(27,28)30-19-22-17-24-26(31-22,33-25(2,3)32-24)15-7-8-16-29-18-21-9-5-4-6-10-21/h4-6,9-14,22,24H,7-8,15-19H2,1-3H3/t22-,24+,26+/m1/s1. The number of rotatable bonds is 11. The molecule has 2 aliphatic rings. The molecule has 186 valence electrons. The zero-order valence-electron chi connectivity index (χ0n) is 20.1. The fourth-order valence-corrected chi connectivity index (χ4v) is 5.42. The fraction of sp³-hybridized carbons (Fsp3) is 0.538. The zero-order chi connectivity index (χ0) is 24.2. The highest BCUT2D eigenvalue weighted by Gasteiger charge is 2.59. The van der Waals surface area contributed by atoms with E-state index in [0.29, 0.717) is 26.1 Å². The highest BCUT2D eigenvalue weighted by molar-refractivity contribution is 7.86. The third-order valence-corrected chi connectivity index (χ3v) is 7.37. The van der Waals surface area contributed by atoms with Gasteiger partial charge in [0.2, 0.25) is 0 Å². The van der Waals surface area contributed by atoms with Gasteiger partial charge in [0.15, 0.2) is 11.6 Å². The van der Waals surface area contributed by atoms with Crippen molar-refractivity contribution in [3.8, 4) is 0 Å². The lowest BCUT2D eigenvalue weighted by Crippen LogP contribution is -2.39. The van der Waals surface area contributed by atoms with Gasteiger partial charge in [0.05, 0.1) is 24.2 Å². The van der Waals surface area contributed by atoms with Crippen LogP contribution < -0.4 is 0 Å². The molecular weight excluding hydrogens is 456 g/mol. The van der Waals surface area contributed by atoms with Crippen molar-refractivity contribution in [1.29, 1.82) is 0 Å². The van der Waals surface area contributed by atoms with Gasteiger partial charge < -0.3 is 18.9 Å². The molecule has 0 bridgehead atoms. The van der Waals surface area contributed by atoms with Gasteiger partial charge in [0.1, 0.15) is 6.10 Å². The maximum Gasteiger partial charge on any atom is 0.297 e. The lowest BCUT2D eigenvalue weighted by molar-refractivity contribution is -0.264. The van der Waals surface area contributed by atoms with Crippen LogP contribution in [0.4, 0.5) is 0 Å². The van der Waals surface area contributed by atoms with Gasteiger partial charge in [0.25, 0.3) is 10.1 Å². The first-order valence-electron chi connectivity index (χ1n) is 11.8. The molecule has 0 N–H and O–H groups in total. The average Bonchev–Trinajstić information content (AvgIpc) is 3.24. The van der Waals surface area contributed by atoms with Crippen molar-refractivity contribution in [3.63, 3.8) is 0 Å². The van der Waals surface area contributed by atoms with Gasteiger partial charge in [-0.2, -0.15) is 8.42 Å². The lowest BCUT2D eigenvalue weighted by atomic mass is 10.0. The topological polar surface area (TPSA) is 80.3 Å². The SMILES string of the molecule is Cc1ccc(S(=O)(=O)OC[C@H]2C[C@@H]3OC(C)(C)O[C@]3(CCCCOCc3ccccc3)O2)cc1. The number of unbranched alkanes of at least 4 members (excludes halogenated alkanes) is 1. The van der Waals surface area contributed by atoms with E-state index in [4.69, 9.17) is 23.1 Å². The first kappa shape index (κ1) is 25.3. The van der Waals surface area contributed by atoms with Gasteiger partial charge in [0, 0.05) is 19.4 Å². The predicted octanol–water partition coefficient (Wildman–Crippen LogP) is 4.72. The van der Waals surface area contributed by atoms with Gasteiger partial charge in [-0.3, -0.25) is 4.18 Å². The second-order valence-electron chi connectivity index (χ2n) is 9.44. The van der Waals surface area contributed by atoms with Crippen LogP contribution in [0.2, 0.25) is 0 Å². The van der Waals surface area contributed by atoms with Crippen molar-refractivity contribution < 1.29 is 31.5 Å². The summed E-state index contributed by atoms with van der Waals surface area (Å²) in [5.74, 6) is -1.65. The molecule has 3 atom stereocenters. The predicted molar refractivity (Wildman–Crippen MR) is 127 cm³/mol. The maximum absolute atomic E-state index is 12.6. The molecule has 0 radical (unpaired) electrons. The zero-order valence-corrected chi connectivity index (χ0v) is 20.9. The Bertz CT molecular complexity index is 1040. The maximum atomic E-state index is 12.6. The van der Waals surface area contributed by atoms with E-state index < -0.39 is 27.8 Å². The fourth-order valence-electron chi connectivity index (χ4n) is 4.49. The normalized spacial score (nSPS) is 26.0. The molecule has 0 amide bonds. The van der Waals surface area contributed by atoms with Gasteiger partial charge in [-0.1, -0.05) is 48.0 Å². The first-order valence-corrected chi connectivity index (χ1v) is 13.2. The van der Waals surface area contributed by atoms with Crippen LogP contribution in [0.3, 0.4) is 0 Å². The molecular formula is C26H34O7S. The summed E-state index contributed by atoms with van der Waals surface area (Å²) >= 11 is 0. The Kier molecular flexibility index (Phi) is 7.76. The molecule has 2 saturated heterocycles. The second kappa shape index (κ2) is 10.4. The Labute approximate surface area is 202 Å². The van der Waals surface area contributed by atoms with Gasteiger partial charge >= 0.3 is 0 Å². The Morgan fingerprint density at radius 2 is 1.74 bits per heavy atom. The van der Waals surface area contributed by atoms with Gasteiger partial charge in [-0.05, 0) is 51.3 Å². The molecule has 34 heavy (non-hydrogen) atoms. The smallest absolute Gasteiger partial charge is 0.297 e. The van der Waals surface area contributed by atoms with E-state index in [1.165, 1.54) is 0 Å².